The molecule has 1 saturated carbocycles. The first kappa shape index (κ1) is 18.0. The van der Waals surface area contributed by atoms with Crippen molar-refractivity contribution in [1.29, 1.82) is 0 Å². The van der Waals surface area contributed by atoms with Gasteiger partial charge < -0.3 is 10.2 Å². The van der Waals surface area contributed by atoms with E-state index in [9.17, 15) is 9.59 Å². The summed E-state index contributed by atoms with van der Waals surface area (Å²) in [6.07, 6.45) is 7.01. The molecular formula is C20H23ClN4O2. The number of likely N-dealkylation sites (tertiary alicyclic amines) is 1. The van der Waals surface area contributed by atoms with Gasteiger partial charge in [-0.05, 0) is 61.9 Å². The fourth-order valence-corrected chi connectivity index (χ4v) is 3.79. The Bertz CT molecular complexity index is 807. The molecule has 1 aromatic heterocycles. The fraction of sp³-hybridized carbons (Fsp3) is 0.450. The van der Waals surface area contributed by atoms with E-state index in [0.717, 1.165) is 6.54 Å². The van der Waals surface area contributed by atoms with Crippen LogP contribution in [-0.2, 0) is 10.3 Å². The molecule has 2 aliphatic rings. The number of rotatable bonds is 5. The molecule has 0 atom stereocenters. The maximum Gasteiger partial charge on any atom is 0.253 e. The third-order valence-electron chi connectivity index (χ3n) is 5.58. The number of hydrogen-bond acceptors (Lipinski definition) is 3. The quantitative estimate of drug-likeness (QED) is 0.859. The number of benzene rings is 1. The molecule has 142 valence electrons. The lowest BCUT2D eigenvalue weighted by Crippen LogP contribution is -2.56. The average molecular weight is 387 g/mol. The van der Waals surface area contributed by atoms with E-state index in [0.29, 0.717) is 42.4 Å². The highest BCUT2D eigenvalue weighted by atomic mass is 35.5. The van der Waals surface area contributed by atoms with Gasteiger partial charge in [0.05, 0.1) is 0 Å². The SMILES string of the molecule is O=C(c1ccc(Cl)cc1)N1CCC(C(=O)NCC2CC2)(n2cccn2)CC1. The van der Waals surface area contributed by atoms with Crippen molar-refractivity contribution in [3.63, 3.8) is 0 Å². The highest BCUT2D eigenvalue weighted by Crippen LogP contribution is 2.32. The Morgan fingerprint density at radius 1 is 1.19 bits per heavy atom. The number of aromatic nitrogens is 2. The van der Waals surface area contributed by atoms with Gasteiger partial charge in [0.15, 0.2) is 0 Å². The summed E-state index contributed by atoms with van der Waals surface area (Å²) in [5.41, 5.74) is -0.112. The summed E-state index contributed by atoms with van der Waals surface area (Å²) in [6, 6.07) is 8.75. The molecule has 1 N–H and O–H groups in total. The minimum absolute atomic E-state index is 0.0108. The summed E-state index contributed by atoms with van der Waals surface area (Å²) in [5.74, 6) is 0.603. The fourth-order valence-electron chi connectivity index (χ4n) is 3.66. The molecule has 1 saturated heterocycles. The zero-order valence-electron chi connectivity index (χ0n) is 15.1. The molecule has 2 fully saturated rings. The number of carbonyl (C=O) groups excluding carboxylic acids is 2. The second-order valence-electron chi connectivity index (χ2n) is 7.43. The smallest absolute Gasteiger partial charge is 0.253 e. The van der Waals surface area contributed by atoms with E-state index in [4.69, 9.17) is 11.6 Å². The molecular weight excluding hydrogens is 364 g/mol. The molecule has 1 aliphatic carbocycles. The van der Waals surface area contributed by atoms with E-state index < -0.39 is 5.54 Å². The zero-order valence-corrected chi connectivity index (χ0v) is 15.9. The Hall–Kier alpha value is -2.34. The molecule has 0 radical (unpaired) electrons. The monoisotopic (exact) mass is 386 g/mol. The predicted molar refractivity (Wildman–Crippen MR) is 103 cm³/mol. The van der Waals surface area contributed by atoms with Gasteiger partial charge in [0.25, 0.3) is 5.91 Å². The minimum Gasteiger partial charge on any atom is -0.354 e. The largest absolute Gasteiger partial charge is 0.354 e. The van der Waals surface area contributed by atoms with Crippen LogP contribution in [-0.4, -0.2) is 46.1 Å². The normalized spacial score (nSPS) is 18.9. The van der Waals surface area contributed by atoms with E-state index >= 15 is 0 Å². The van der Waals surface area contributed by atoms with Crippen LogP contribution in [0, 0.1) is 5.92 Å². The summed E-state index contributed by atoms with van der Waals surface area (Å²) in [4.78, 5) is 27.6. The standard InChI is InChI=1S/C20H23ClN4O2/c21-17-6-4-16(5-7-17)18(26)24-12-8-20(9-13-24,25-11-1-10-23-25)19(27)22-14-15-2-3-15/h1,4-7,10-11,15H,2-3,8-9,12-14H2,(H,22,27). The molecule has 6 nitrogen and oxygen atoms in total. The molecule has 2 heterocycles. The molecule has 0 spiro atoms. The van der Waals surface area contributed by atoms with Crippen molar-refractivity contribution in [1.82, 2.24) is 20.0 Å². The highest BCUT2D eigenvalue weighted by molar-refractivity contribution is 6.30. The molecule has 7 heteroatoms. The molecule has 1 aromatic carbocycles. The number of nitrogens with zero attached hydrogens (tertiary/aromatic N) is 3. The van der Waals surface area contributed by atoms with Crippen LogP contribution in [0.3, 0.4) is 0 Å². The van der Waals surface area contributed by atoms with Crippen molar-refractivity contribution in [2.45, 2.75) is 31.2 Å². The summed E-state index contributed by atoms with van der Waals surface area (Å²) in [6.45, 7) is 1.76. The number of hydrogen-bond donors (Lipinski definition) is 1. The maximum atomic E-state index is 13.0. The van der Waals surface area contributed by atoms with Crippen LogP contribution in [0.1, 0.15) is 36.0 Å². The molecule has 2 amide bonds. The van der Waals surface area contributed by atoms with Crippen molar-refractivity contribution in [2.24, 2.45) is 5.92 Å². The Balaban J connectivity index is 1.48. The van der Waals surface area contributed by atoms with Crippen molar-refractivity contribution in [2.75, 3.05) is 19.6 Å². The first-order valence-electron chi connectivity index (χ1n) is 9.42. The summed E-state index contributed by atoms with van der Waals surface area (Å²) in [5, 5.41) is 8.07. The molecule has 0 bridgehead atoms. The Labute approximate surface area is 163 Å². The minimum atomic E-state index is -0.727. The van der Waals surface area contributed by atoms with E-state index in [1.807, 2.05) is 12.3 Å². The van der Waals surface area contributed by atoms with Gasteiger partial charge in [0.1, 0.15) is 5.54 Å². The van der Waals surface area contributed by atoms with E-state index in [-0.39, 0.29) is 11.8 Å². The van der Waals surface area contributed by atoms with Crippen molar-refractivity contribution >= 4 is 23.4 Å². The molecule has 27 heavy (non-hydrogen) atoms. The number of halogens is 1. The van der Waals surface area contributed by atoms with Crippen LogP contribution in [0.4, 0.5) is 0 Å². The third kappa shape index (κ3) is 3.72. The lowest BCUT2D eigenvalue weighted by Gasteiger charge is -2.40. The highest BCUT2D eigenvalue weighted by Gasteiger charge is 2.44. The van der Waals surface area contributed by atoms with E-state index in [2.05, 4.69) is 10.4 Å². The summed E-state index contributed by atoms with van der Waals surface area (Å²) in [7, 11) is 0. The molecule has 4 rings (SSSR count). The Morgan fingerprint density at radius 3 is 2.48 bits per heavy atom. The zero-order chi connectivity index (χ0) is 18.9. The van der Waals surface area contributed by atoms with Crippen molar-refractivity contribution in [3.8, 4) is 0 Å². The second-order valence-corrected chi connectivity index (χ2v) is 7.87. The number of piperidine rings is 1. The average Bonchev–Trinajstić information content (AvgIpc) is 3.36. The van der Waals surface area contributed by atoms with Crippen molar-refractivity contribution in [3.05, 3.63) is 53.3 Å². The first-order chi connectivity index (χ1) is 13.1. The van der Waals surface area contributed by atoms with E-state index in [1.54, 1.807) is 40.0 Å². The Kier molecular flexibility index (Phi) is 4.91. The molecule has 0 unspecified atom stereocenters. The van der Waals surface area contributed by atoms with Crippen molar-refractivity contribution < 1.29 is 9.59 Å². The van der Waals surface area contributed by atoms with Gasteiger partial charge in [0.2, 0.25) is 5.91 Å². The van der Waals surface area contributed by atoms with Crippen LogP contribution in [0.25, 0.3) is 0 Å². The van der Waals surface area contributed by atoms with Crippen LogP contribution in [0.5, 0.6) is 0 Å². The van der Waals surface area contributed by atoms with Crippen LogP contribution in [0.2, 0.25) is 5.02 Å². The number of carbonyl (C=O) groups is 2. The topological polar surface area (TPSA) is 67.2 Å². The second kappa shape index (κ2) is 7.35. The Morgan fingerprint density at radius 2 is 1.89 bits per heavy atom. The van der Waals surface area contributed by atoms with Crippen LogP contribution < -0.4 is 5.32 Å². The van der Waals surface area contributed by atoms with Crippen LogP contribution >= 0.6 is 11.6 Å². The first-order valence-corrected chi connectivity index (χ1v) is 9.79. The van der Waals surface area contributed by atoms with Gasteiger partial charge >= 0.3 is 0 Å². The van der Waals surface area contributed by atoms with Gasteiger partial charge in [-0.3, -0.25) is 14.3 Å². The van der Waals surface area contributed by atoms with Gasteiger partial charge in [-0.2, -0.15) is 5.10 Å². The summed E-state index contributed by atoms with van der Waals surface area (Å²) >= 11 is 5.91. The van der Waals surface area contributed by atoms with Gasteiger partial charge in [-0.25, -0.2) is 0 Å². The molecule has 2 aromatic rings. The van der Waals surface area contributed by atoms with Gasteiger partial charge in [0, 0.05) is 42.6 Å². The lowest BCUT2D eigenvalue weighted by molar-refractivity contribution is -0.133. The maximum absolute atomic E-state index is 13.0. The van der Waals surface area contributed by atoms with E-state index in [1.165, 1.54) is 12.8 Å². The van der Waals surface area contributed by atoms with Crippen LogP contribution in [0.15, 0.2) is 42.7 Å². The molecule has 1 aliphatic heterocycles. The van der Waals surface area contributed by atoms with Gasteiger partial charge in [-0.15, -0.1) is 0 Å². The van der Waals surface area contributed by atoms with Gasteiger partial charge in [-0.1, -0.05) is 11.6 Å². The number of nitrogens with one attached hydrogen (secondary N) is 1. The number of amides is 2. The summed E-state index contributed by atoms with van der Waals surface area (Å²) < 4.78 is 1.76. The predicted octanol–water partition coefficient (Wildman–Crippen LogP) is 2.69. The lowest BCUT2D eigenvalue weighted by atomic mass is 9.86. The third-order valence-corrected chi connectivity index (χ3v) is 5.83.